The predicted octanol–water partition coefficient (Wildman–Crippen LogP) is 3.73. The Kier molecular flexibility index (Phi) is 3.62. The summed E-state index contributed by atoms with van der Waals surface area (Å²) in [5.41, 5.74) is 1.96. The molecule has 1 N–H and O–H groups in total. The van der Waals surface area contributed by atoms with Gasteiger partial charge in [0.1, 0.15) is 23.2 Å². The van der Waals surface area contributed by atoms with E-state index in [0.717, 1.165) is 17.5 Å². The number of pyridine rings is 2. The maximum Gasteiger partial charge on any atom is 0.341 e. The summed E-state index contributed by atoms with van der Waals surface area (Å²) in [4.78, 5) is 28.3. The molecule has 0 unspecified atom stereocenters. The molecule has 3 heterocycles. The number of aromatic carboxylic acids is 1. The van der Waals surface area contributed by atoms with Crippen molar-refractivity contribution in [1.82, 2.24) is 9.55 Å². The highest BCUT2D eigenvalue weighted by Crippen LogP contribution is 2.41. The van der Waals surface area contributed by atoms with Crippen LogP contribution in [0.1, 0.15) is 28.7 Å². The third kappa shape index (κ3) is 2.51. The molecule has 2 aromatic heterocycles. The summed E-state index contributed by atoms with van der Waals surface area (Å²) in [7, 11) is 0. The van der Waals surface area contributed by atoms with Crippen LogP contribution in [0.2, 0.25) is 0 Å². The predicted molar refractivity (Wildman–Crippen MR) is 98.4 cm³/mol. The first-order chi connectivity index (χ1) is 12.8. The number of hydrogen-bond donors (Lipinski definition) is 1. The second-order valence-electron chi connectivity index (χ2n) is 6.52. The fourth-order valence-corrected chi connectivity index (χ4v) is 3.42. The van der Waals surface area contributed by atoms with Crippen molar-refractivity contribution in [3.8, 4) is 16.9 Å². The third-order valence-corrected chi connectivity index (χ3v) is 4.52. The highest BCUT2D eigenvalue weighted by atomic mass is 19.1. The summed E-state index contributed by atoms with van der Waals surface area (Å²) >= 11 is 0. The van der Waals surface area contributed by atoms with E-state index >= 15 is 4.39 Å². The van der Waals surface area contributed by atoms with Gasteiger partial charge >= 0.3 is 5.97 Å². The maximum absolute atomic E-state index is 15.1. The molecule has 27 heavy (non-hydrogen) atoms. The van der Waals surface area contributed by atoms with Crippen molar-refractivity contribution >= 4 is 22.6 Å². The van der Waals surface area contributed by atoms with Gasteiger partial charge in [-0.25, -0.2) is 9.18 Å². The van der Waals surface area contributed by atoms with Gasteiger partial charge in [-0.3, -0.25) is 9.78 Å². The van der Waals surface area contributed by atoms with Gasteiger partial charge in [0.25, 0.3) is 0 Å². The summed E-state index contributed by atoms with van der Waals surface area (Å²) in [6.07, 6.45) is 2.65. The molecule has 0 fully saturated rings. The van der Waals surface area contributed by atoms with Crippen molar-refractivity contribution < 1.29 is 19.0 Å². The Hall–Kier alpha value is -3.48. The molecule has 0 aliphatic carbocycles. The van der Waals surface area contributed by atoms with E-state index in [2.05, 4.69) is 4.98 Å². The number of aryl methyl sites for hydroxylation is 2. The van der Waals surface area contributed by atoms with Crippen molar-refractivity contribution in [2.75, 3.05) is 0 Å². The van der Waals surface area contributed by atoms with Crippen LogP contribution in [-0.4, -0.2) is 20.6 Å². The molecular formula is C20H15FN2O4. The van der Waals surface area contributed by atoms with E-state index in [9.17, 15) is 14.7 Å². The van der Waals surface area contributed by atoms with Gasteiger partial charge in [-0.2, -0.15) is 0 Å². The SMILES string of the molecule is CC1=COc2c(-c3cc(C)nc(C)c3)c(F)cc3c(=O)c(C(=O)O)cn1c23. The van der Waals surface area contributed by atoms with Crippen molar-refractivity contribution in [3.05, 3.63) is 63.6 Å². The first kappa shape index (κ1) is 17.0. The Morgan fingerprint density at radius 1 is 1.19 bits per heavy atom. The standard InChI is InChI=1S/C20H15FN2O4/c1-9-4-12(5-10(2)22-9)16-15(21)6-13-17-19(16)27-8-11(3)23(17)7-14(18(13)24)20(25)26/h4-8H,1-3H3,(H,25,26). The minimum atomic E-state index is -1.36. The third-order valence-electron chi connectivity index (χ3n) is 4.52. The van der Waals surface area contributed by atoms with Crippen molar-refractivity contribution in [2.45, 2.75) is 20.8 Å². The zero-order valence-corrected chi connectivity index (χ0v) is 14.8. The number of halogens is 1. The number of aromatic nitrogens is 2. The summed E-state index contributed by atoms with van der Waals surface area (Å²) < 4.78 is 22.3. The van der Waals surface area contributed by atoms with E-state index < -0.39 is 22.8 Å². The average molecular weight is 366 g/mol. The van der Waals surface area contributed by atoms with Crippen LogP contribution in [0.4, 0.5) is 4.39 Å². The molecule has 0 bridgehead atoms. The molecule has 0 radical (unpaired) electrons. The number of rotatable bonds is 2. The van der Waals surface area contributed by atoms with Crippen LogP contribution in [0.3, 0.4) is 0 Å². The van der Waals surface area contributed by atoms with Gasteiger partial charge in [-0.15, -0.1) is 0 Å². The number of carboxylic acid groups (broad SMARTS) is 1. The van der Waals surface area contributed by atoms with Crippen molar-refractivity contribution in [3.63, 3.8) is 0 Å². The Balaban J connectivity index is 2.18. The van der Waals surface area contributed by atoms with Gasteiger partial charge in [-0.1, -0.05) is 0 Å². The Bertz CT molecular complexity index is 1220. The highest BCUT2D eigenvalue weighted by Gasteiger charge is 2.26. The molecule has 0 amide bonds. The zero-order chi connectivity index (χ0) is 19.5. The van der Waals surface area contributed by atoms with E-state index in [1.54, 1.807) is 37.5 Å². The molecule has 4 rings (SSSR count). The summed E-state index contributed by atoms with van der Waals surface area (Å²) in [6.45, 7) is 5.32. The number of benzene rings is 1. The van der Waals surface area contributed by atoms with Crippen LogP contribution in [0.25, 0.3) is 27.7 Å². The quantitative estimate of drug-likeness (QED) is 0.747. The number of allylic oxidation sites excluding steroid dienone is 1. The monoisotopic (exact) mass is 366 g/mol. The number of hydrogen-bond acceptors (Lipinski definition) is 4. The molecule has 6 nitrogen and oxygen atoms in total. The van der Waals surface area contributed by atoms with Crippen LogP contribution >= 0.6 is 0 Å². The van der Waals surface area contributed by atoms with Gasteiger partial charge in [0.15, 0.2) is 5.75 Å². The molecule has 1 aliphatic heterocycles. The van der Waals surface area contributed by atoms with Crippen molar-refractivity contribution in [1.29, 1.82) is 0 Å². The smallest absolute Gasteiger partial charge is 0.341 e. The van der Waals surface area contributed by atoms with Gasteiger partial charge in [0.2, 0.25) is 5.43 Å². The summed E-state index contributed by atoms with van der Waals surface area (Å²) in [5, 5.41) is 9.28. The lowest BCUT2D eigenvalue weighted by Crippen LogP contribution is -2.20. The van der Waals surface area contributed by atoms with Crippen LogP contribution in [-0.2, 0) is 0 Å². The van der Waals surface area contributed by atoms with E-state index in [0.29, 0.717) is 16.8 Å². The fourth-order valence-electron chi connectivity index (χ4n) is 3.42. The van der Waals surface area contributed by atoms with Crippen LogP contribution in [0, 0.1) is 19.7 Å². The Labute approximate surface area is 153 Å². The molecule has 0 saturated carbocycles. The molecule has 136 valence electrons. The van der Waals surface area contributed by atoms with Gasteiger partial charge < -0.3 is 14.4 Å². The lowest BCUT2D eigenvalue weighted by Gasteiger charge is -2.22. The average Bonchev–Trinajstić information content (AvgIpc) is 2.58. The summed E-state index contributed by atoms with van der Waals surface area (Å²) in [6, 6.07) is 4.54. The van der Waals surface area contributed by atoms with Gasteiger partial charge in [-0.05, 0) is 44.5 Å². The fraction of sp³-hybridized carbons (Fsp3) is 0.150. The first-order valence-electron chi connectivity index (χ1n) is 8.22. The van der Waals surface area contributed by atoms with Crippen LogP contribution in [0.5, 0.6) is 5.75 Å². The Morgan fingerprint density at radius 3 is 2.48 bits per heavy atom. The molecule has 0 saturated heterocycles. The minimum absolute atomic E-state index is 0.0406. The van der Waals surface area contributed by atoms with Gasteiger partial charge in [0, 0.05) is 17.6 Å². The molecular weight excluding hydrogens is 351 g/mol. The van der Waals surface area contributed by atoms with E-state index in [4.69, 9.17) is 4.74 Å². The summed E-state index contributed by atoms with van der Waals surface area (Å²) in [5.74, 6) is -1.85. The van der Waals surface area contributed by atoms with Crippen LogP contribution in [0.15, 0.2) is 35.5 Å². The first-order valence-corrected chi connectivity index (χ1v) is 8.22. The maximum atomic E-state index is 15.1. The second kappa shape index (κ2) is 5.77. The largest absolute Gasteiger partial charge is 0.477 e. The Morgan fingerprint density at radius 2 is 1.85 bits per heavy atom. The molecule has 7 heteroatoms. The molecule has 1 aromatic carbocycles. The molecule has 3 aromatic rings. The van der Waals surface area contributed by atoms with E-state index in [1.165, 1.54) is 12.5 Å². The number of ether oxygens (including phenoxy) is 1. The lowest BCUT2D eigenvalue weighted by atomic mass is 9.99. The molecule has 0 spiro atoms. The number of carboxylic acids is 1. The second-order valence-corrected chi connectivity index (χ2v) is 6.52. The molecule has 0 atom stereocenters. The molecule has 1 aliphatic rings. The van der Waals surface area contributed by atoms with E-state index in [-0.39, 0.29) is 16.7 Å². The minimum Gasteiger partial charge on any atom is -0.477 e. The highest BCUT2D eigenvalue weighted by molar-refractivity contribution is 5.99. The van der Waals surface area contributed by atoms with E-state index in [1.807, 2.05) is 0 Å². The zero-order valence-electron chi connectivity index (χ0n) is 14.8. The topological polar surface area (TPSA) is 81.4 Å². The van der Waals surface area contributed by atoms with Crippen molar-refractivity contribution in [2.24, 2.45) is 0 Å². The van der Waals surface area contributed by atoms with Gasteiger partial charge in [0.05, 0.1) is 16.6 Å². The number of nitrogens with zero attached hydrogens (tertiary/aromatic N) is 2. The normalized spacial score (nSPS) is 12.7. The number of carbonyl (C=O) groups is 1. The lowest BCUT2D eigenvalue weighted by molar-refractivity contribution is 0.0695. The van der Waals surface area contributed by atoms with Crippen LogP contribution < -0.4 is 10.2 Å².